The number of nitrogens with zero attached hydrogens (tertiary/aromatic N) is 1. The van der Waals surface area contributed by atoms with Crippen LogP contribution in [0.15, 0.2) is 24.3 Å². The summed E-state index contributed by atoms with van der Waals surface area (Å²) in [4.78, 5) is 2.49. The zero-order valence-corrected chi connectivity index (χ0v) is 9.02. The summed E-state index contributed by atoms with van der Waals surface area (Å²) < 4.78 is 0. The molecule has 0 spiro atoms. The van der Waals surface area contributed by atoms with Crippen molar-refractivity contribution in [3.05, 3.63) is 29.8 Å². The van der Waals surface area contributed by atoms with Crippen LogP contribution in [0.2, 0.25) is 0 Å². The molecule has 15 heavy (non-hydrogen) atoms. The molecule has 1 saturated heterocycles. The van der Waals surface area contributed by atoms with Crippen molar-refractivity contribution in [1.82, 2.24) is 4.90 Å². The fourth-order valence-electron chi connectivity index (χ4n) is 2.15. The van der Waals surface area contributed by atoms with E-state index in [9.17, 15) is 0 Å². The molecule has 0 bridgehead atoms. The van der Waals surface area contributed by atoms with Crippen molar-refractivity contribution in [2.75, 3.05) is 13.1 Å². The standard InChI is InChI=1S/C12H17BNO/c15-13-12-6-4-5-11(9-12)10-14-7-2-1-3-8-14/h4-6,9,15H,1-3,7-8,10H2. The lowest BCUT2D eigenvalue weighted by atomic mass is 9.87. The zero-order valence-electron chi connectivity index (χ0n) is 9.02. The first-order valence-electron chi connectivity index (χ1n) is 5.67. The van der Waals surface area contributed by atoms with E-state index in [1.165, 1.54) is 45.4 Å². The van der Waals surface area contributed by atoms with Gasteiger partial charge in [-0.25, -0.2) is 0 Å². The lowest BCUT2D eigenvalue weighted by Crippen LogP contribution is -2.29. The second-order valence-corrected chi connectivity index (χ2v) is 4.21. The molecule has 1 aliphatic heterocycles. The van der Waals surface area contributed by atoms with Crippen molar-refractivity contribution in [2.45, 2.75) is 25.8 Å². The van der Waals surface area contributed by atoms with Gasteiger partial charge in [-0.05, 0) is 31.5 Å². The van der Waals surface area contributed by atoms with Gasteiger partial charge in [-0.3, -0.25) is 4.90 Å². The van der Waals surface area contributed by atoms with Crippen molar-refractivity contribution in [1.29, 1.82) is 0 Å². The van der Waals surface area contributed by atoms with E-state index in [2.05, 4.69) is 17.0 Å². The van der Waals surface area contributed by atoms with Gasteiger partial charge in [0.05, 0.1) is 0 Å². The van der Waals surface area contributed by atoms with Crippen molar-refractivity contribution >= 4 is 12.9 Å². The molecule has 0 aliphatic carbocycles. The number of hydrogen-bond donors (Lipinski definition) is 1. The predicted octanol–water partition coefficient (Wildman–Crippen LogP) is 0.909. The molecule has 1 aromatic carbocycles. The maximum atomic E-state index is 8.93. The molecule has 1 radical (unpaired) electrons. The molecule has 2 rings (SSSR count). The van der Waals surface area contributed by atoms with Crippen LogP contribution in [0.25, 0.3) is 0 Å². The van der Waals surface area contributed by atoms with Gasteiger partial charge in [0.25, 0.3) is 0 Å². The van der Waals surface area contributed by atoms with E-state index in [1.807, 2.05) is 12.1 Å². The van der Waals surface area contributed by atoms with Gasteiger partial charge >= 0.3 is 7.48 Å². The second kappa shape index (κ2) is 5.33. The van der Waals surface area contributed by atoms with Gasteiger partial charge < -0.3 is 5.02 Å². The Balaban J connectivity index is 1.96. The van der Waals surface area contributed by atoms with E-state index >= 15 is 0 Å². The van der Waals surface area contributed by atoms with E-state index in [4.69, 9.17) is 5.02 Å². The van der Waals surface area contributed by atoms with Crippen LogP contribution in [-0.4, -0.2) is 30.5 Å². The Kier molecular flexibility index (Phi) is 3.81. The largest absolute Gasteiger partial charge is 0.450 e. The van der Waals surface area contributed by atoms with Crippen LogP contribution in [-0.2, 0) is 6.54 Å². The van der Waals surface area contributed by atoms with Gasteiger partial charge in [0.2, 0.25) is 0 Å². The van der Waals surface area contributed by atoms with Crippen molar-refractivity contribution < 1.29 is 5.02 Å². The minimum absolute atomic E-state index is 0.893. The van der Waals surface area contributed by atoms with Crippen molar-refractivity contribution in [3.8, 4) is 0 Å². The Morgan fingerprint density at radius 1 is 1.20 bits per heavy atom. The molecule has 0 amide bonds. The number of piperidine rings is 1. The van der Waals surface area contributed by atoms with Crippen LogP contribution in [0.4, 0.5) is 0 Å². The van der Waals surface area contributed by atoms with Gasteiger partial charge in [-0.2, -0.15) is 0 Å². The van der Waals surface area contributed by atoms with Crippen molar-refractivity contribution in [2.24, 2.45) is 0 Å². The molecule has 0 saturated carbocycles. The Morgan fingerprint density at radius 2 is 2.00 bits per heavy atom. The molecule has 0 unspecified atom stereocenters. The monoisotopic (exact) mass is 202 g/mol. The summed E-state index contributed by atoms with van der Waals surface area (Å²) >= 11 is 0. The maximum Gasteiger partial charge on any atom is 0.326 e. The molecular formula is C12H17BNO. The lowest BCUT2D eigenvalue weighted by molar-refractivity contribution is 0.221. The fourth-order valence-corrected chi connectivity index (χ4v) is 2.15. The fraction of sp³-hybridized carbons (Fsp3) is 0.500. The molecule has 2 nitrogen and oxygen atoms in total. The third-order valence-corrected chi connectivity index (χ3v) is 2.95. The molecule has 1 N–H and O–H groups in total. The van der Waals surface area contributed by atoms with Crippen LogP contribution in [0.3, 0.4) is 0 Å². The minimum Gasteiger partial charge on any atom is -0.450 e. The smallest absolute Gasteiger partial charge is 0.326 e. The Hall–Kier alpha value is -0.795. The summed E-state index contributed by atoms with van der Waals surface area (Å²) in [6.45, 7) is 3.45. The van der Waals surface area contributed by atoms with E-state index < -0.39 is 0 Å². The lowest BCUT2D eigenvalue weighted by Gasteiger charge is -2.26. The van der Waals surface area contributed by atoms with Crippen LogP contribution in [0, 0.1) is 0 Å². The Morgan fingerprint density at radius 3 is 2.73 bits per heavy atom. The SMILES string of the molecule is O[B]c1cccc(CN2CCCCC2)c1. The van der Waals surface area contributed by atoms with Gasteiger partial charge in [0.1, 0.15) is 0 Å². The summed E-state index contributed by atoms with van der Waals surface area (Å²) in [5.74, 6) is 0. The summed E-state index contributed by atoms with van der Waals surface area (Å²) in [7, 11) is 1.17. The normalized spacial score (nSPS) is 17.7. The average molecular weight is 202 g/mol. The van der Waals surface area contributed by atoms with Crippen LogP contribution in [0.5, 0.6) is 0 Å². The highest BCUT2D eigenvalue weighted by Gasteiger charge is 2.10. The highest BCUT2D eigenvalue weighted by molar-refractivity contribution is 6.45. The highest BCUT2D eigenvalue weighted by Crippen LogP contribution is 2.11. The Labute approximate surface area is 92.2 Å². The molecule has 0 atom stereocenters. The second-order valence-electron chi connectivity index (χ2n) is 4.21. The highest BCUT2D eigenvalue weighted by atomic mass is 16.2. The number of hydrogen-bond acceptors (Lipinski definition) is 2. The van der Waals surface area contributed by atoms with Gasteiger partial charge in [0, 0.05) is 6.54 Å². The van der Waals surface area contributed by atoms with E-state index in [0.717, 1.165) is 12.0 Å². The first-order valence-corrected chi connectivity index (χ1v) is 5.67. The first kappa shape index (κ1) is 10.7. The van der Waals surface area contributed by atoms with E-state index in [-0.39, 0.29) is 0 Å². The summed E-state index contributed by atoms with van der Waals surface area (Å²) in [6, 6.07) is 8.09. The molecular weight excluding hydrogens is 185 g/mol. The molecule has 1 fully saturated rings. The molecule has 3 heteroatoms. The summed E-state index contributed by atoms with van der Waals surface area (Å²) in [5.41, 5.74) is 2.18. The van der Waals surface area contributed by atoms with Crippen LogP contribution < -0.4 is 5.46 Å². The molecule has 0 aromatic heterocycles. The first-order chi connectivity index (χ1) is 7.38. The van der Waals surface area contributed by atoms with Gasteiger partial charge in [-0.15, -0.1) is 0 Å². The number of benzene rings is 1. The van der Waals surface area contributed by atoms with Crippen LogP contribution in [0.1, 0.15) is 24.8 Å². The van der Waals surface area contributed by atoms with Gasteiger partial charge in [0.15, 0.2) is 0 Å². The summed E-state index contributed by atoms with van der Waals surface area (Å²) in [6.07, 6.45) is 4.03. The topological polar surface area (TPSA) is 23.5 Å². The van der Waals surface area contributed by atoms with Gasteiger partial charge in [-0.1, -0.05) is 36.1 Å². The molecule has 1 aliphatic rings. The van der Waals surface area contributed by atoms with E-state index in [0.29, 0.717) is 0 Å². The Bertz CT molecular complexity index is 310. The third-order valence-electron chi connectivity index (χ3n) is 2.95. The van der Waals surface area contributed by atoms with E-state index in [1.54, 1.807) is 0 Å². The molecule has 79 valence electrons. The molecule has 1 aromatic rings. The quantitative estimate of drug-likeness (QED) is 0.736. The average Bonchev–Trinajstić information content (AvgIpc) is 2.31. The maximum absolute atomic E-state index is 8.93. The number of likely N-dealkylation sites (tertiary alicyclic amines) is 1. The predicted molar refractivity (Wildman–Crippen MR) is 63.2 cm³/mol. The minimum atomic E-state index is 0.893. The van der Waals surface area contributed by atoms with Crippen molar-refractivity contribution in [3.63, 3.8) is 0 Å². The third kappa shape index (κ3) is 3.08. The van der Waals surface area contributed by atoms with Crippen LogP contribution >= 0.6 is 0 Å². The zero-order chi connectivity index (χ0) is 10.5. The molecule has 1 heterocycles. The summed E-state index contributed by atoms with van der Waals surface area (Å²) in [5, 5.41) is 8.93. The number of rotatable bonds is 3.